The Balaban J connectivity index is 2.72. The summed E-state index contributed by atoms with van der Waals surface area (Å²) in [6, 6.07) is 0. The van der Waals surface area contributed by atoms with Crippen LogP contribution < -0.4 is 0 Å². The lowest BCUT2D eigenvalue weighted by atomic mass is 9.85. The van der Waals surface area contributed by atoms with Gasteiger partial charge in [0.25, 0.3) is 0 Å². The highest BCUT2D eigenvalue weighted by atomic mass is 31.2. The second-order valence-corrected chi connectivity index (χ2v) is 18.7. The molecule has 1 aliphatic carbocycles. The number of ether oxygens (including phenoxy) is 2. The summed E-state index contributed by atoms with van der Waals surface area (Å²) in [5, 5.41) is 61.2. The zero-order valence-electron chi connectivity index (χ0n) is 39.0. The molecule has 1 saturated carbocycles. The Morgan fingerprint density at radius 2 is 1.10 bits per heavy atom. The predicted molar refractivity (Wildman–Crippen MR) is 253 cm³/mol. The van der Waals surface area contributed by atoms with E-state index in [0.717, 1.165) is 44.9 Å². The molecule has 5 unspecified atom stereocenters. The largest absolute Gasteiger partial charge is 0.472 e. The van der Waals surface area contributed by atoms with Crippen molar-refractivity contribution >= 4 is 27.6 Å². The van der Waals surface area contributed by atoms with Gasteiger partial charge in [0.1, 0.15) is 43.2 Å². The molecule has 0 aliphatic heterocycles. The topological polar surface area (TPSA) is 296 Å². The van der Waals surface area contributed by atoms with Gasteiger partial charge in [0.05, 0.1) is 18.8 Å². The minimum absolute atomic E-state index is 0.0680. The lowest BCUT2D eigenvalue weighted by Crippen LogP contribution is -2.64. The number of hydrogen-bond donors (Lipinski definition) is 9. The SMILES string of the molecule is CC/C=C\C[C@H](O)/C=C/C=C\C=C\[C@H](O)C/C=C\C/C=C\CCC(=O)O[C@H](COC(=O)CCCCCCC/C=C\CCCCCC)COP(=O)(O)O[C@H]1C(O)C(O)C(O)[C@@H](OP(=O)(O)O)C1O. The van der Waals surface area contributed by atoms with Crippen molar-refractivity contribution in [2.24, 2.45) is 0 Å². The van der Waals surface area contributed by atoms with E-state index in [1.54, 1.807) is 54.7 Å². The van der Waals surface area contributed by atoms with Crippen LogP contribution in [0, 0.1) is 0 Å². The number of aliphatic hydroxyl groups excluding tert-OH is 6. The molecule has 1 fully saturated rings. The number of unbranched alkanes of at least 4 members (excludes halogenated alkanes) is 9. The van der Waals surface area contributed by atoms with E-state index in [-0.39, 0.29) is 19.3 Å². The van der Waals surface area contributed by atoms with Crippen molar-refractivity contribution < 1.29 is 87.1 Å². The van der Waals surface area contributed by atoms with Crippen molar-refractivity contribution in [3.05, 3.63) is 85.1 Å². The van der Waals surface area contributed by atoms with Gasteiger partial charge in [-0.2, -0.15) is 0 Å². The Morgan fingerprint density at radius 1 is 0.567 bits per heavy atom. The summed E-state index contributed by atoms with van der Waals surface area (Å²) in [5.41, 5.74) is 0. The van der Waals surface area contributed by atoms with Gasteiger partial charge in [-0.05, 0) is 64.2 Å². The average molecular weight is 993 g/mol. The first-order valence-electron chi connectivity index (χ1n) is 23.3. The van der Waals surface area contributed by atoms with Gasteiger partial charge in [-0.15, -0.1) is 0 Å². The van der Waals surface area contributed by atoms with Gasteiger partial charge in [-0.1, -0.05) is 137 Å². The molecule has 1 aliphatic rings. The number of esters is 2. The Labute approximate surface area is 396 Å². The molecule has 0 aromatic rings. The molecular formula is C47H78O18P2. The van der Waals surface area contributed by atoms with E-state index >= 15 is 0 Å². The first-order valence-corrected chi connectivity index (χ1v) is 26.4. The highest BCUT2D eigenvalue weighted by molar-refractivity contribution is 7.47. The standard InChI is InChI=1S/C47H78O18P2/c1-3-5-7-8-9-10-11-12-13-14-15-19-27-33-40(50)61-35-39(36-62-67(59,60)65-47-44(54)42(52)43(53)46(45(47)55)64-66(56,57)58)63-41(51)34-28-20-17-16-18-24-30-38(49)32-26-22-21-25-31-37(48)29-23-6-4-2/h6,10-11,17-18,20-26,31-32,37-39,42-49,52-55H,3-5,7-9,12-16,19,27-30,33-36H2,1-2H3,(H,59,60)(H2,56,57,58)/b11-10-,20-17-,22-21-,23-6-,24-18-,31-25+,32-26+/t37-,38+,39+,42?,43?,44?,45?,46+,47-/m0/s1. The molecule has 0 aromatic heterocycles. The van der Waals surface area contributed by atoms with Crippen molar-refractivity contribution in [3.8, 4) is 0 Å². The molecule has 0 bridgehead atoms. The Bertz CT molecular complexity index is 1660. The third kappa shape index (κ3) is 31.8. The molecule has 384 valence electrons. The van der Waals surface area contributed by atoms with E-state index < -0.39 is 95.7 Å². The van der Waals surface area contributed by atoms with Crippen LogP contribution in [0.2, 0.25) is 0 Å². The van der Waals surface area contributed by atoms with Crippen LogP contribution in [-0.2, 0) is 41.8 Å². The average Bonchev–Trinajstić information content (AvgIpc) is 3.27. The quantitative estimate of drug-likeness (QED) is 0.0105. The fourth-order valence-electron chi connectivity index (χ4n) is 6.46. The zero-order chi connectivity index (χ0) is 49.9. The first kappa shape index (κ1) is 62.1. The summed E-state index contributed by atoms with van der Waals surface area (Å²) >= 11 is 0. The molecule has 0 radical (unpaired) electrons. The summed E-state index contributed by atoms with van der Waals surface area (Å²) in [6.45, 7) is 2.73. The number of aliphatic hydroxyl groups is 6. The number of hydrogen-bond acceptors (Lipinski definition) is 15. The maximum absolute atomic E-state index is 13.0. The molecule has 20 heteroatoms. The van der Waals surface area contributed by atoms with E-state index in [1.807, 2.05) is 25.2 Å². The van der Waals surface area contributed by atoms with Crippen molar-refractivity contribution in [1.82, 2.24) is 0 Å². The van der Waals surface area contributed by atoms with Crippen LogP contribution in [0.3, 0.4) is 0 Å². The van der Waals surface area contributed by atoms with Crippen molar-refractivity contribution in [1.29, 1.82) is 0 Å². The smallest absolute Gasteiger partial charge is 0.462 e. The molecular weight excluding hydrogens is 914 g/mol. The lowest BCUT2D eigenvalue weighted by molar-refractivity contribution is -0.216. The second kappa shape index (κ2) is 37.0. The summed E-state index contributed by atoms with van der Waals surface area (Å²) in [4.78, 5) is 54.2. The van der Waals surface area contributed by atoms with E-state index in [1.165, 1.54) is 25.7 Å². The molecule has 10 atom stereocenters. The van der Waals surface area contributed by atoms with Crippen LogP contribution in [0.25, 0.3) is 0 Å². The van der Waals surface area contributed by atoms with Crippen molar-refractivity contribution in [2.75, 3.05) is 13.2 Å². The maximum atomic E-state index is 13.0. The number of rotatable bonds is 37. The number of carbonyl (C=O) groups excluding carboxylic acids is 2. The van der Waals surface area contributed by atoms with Crippen LogP contribution >= 0.6 is 15.6 Å². The Hall–Kier alpha value is -2.90. The van der Waals surface area contributed by atoms with E-state index in [2.05, 4.69) is 23.6 Å². The normalized spacial score (nSPS) is 23.1. The molecule has 67 heavy (non-hydrogen) atoms. The third-order valence-corrected chi connectivity index (χ3v) is 11.6. The van der Waals surface area contributed by atoms with Gasteiger partial charge in [0.15, 0.2) is 6.10 Å². The van der Waals surface area contributed by atoms with E-state index in [9.17, 15) is 54.3 Å². The summed E-state index contributed by atoms with van der Waals surface area (Å²) in [6.07, 6.45) is 23.3. The van der Waals surface area contributed by atoms with Crippen molar-refractivity contribution in [2.45, 2.75) is 184 Å². The fourth-order valence-corrected chi connectivity index (χ4v) is 7.99. The predicted octanol–water partition coefficient (Wildman–Crippen LogP) is 6.56. The van der Waals surface area contributed by atoms with Gasteiger partial charge in [-0.3, -0.25) is 23.2 Å². The Kier molecular flexibility index (Phi) is 34.3. The molecule has 0 heterocycles. The highest BCUT2D eigenvalue weighted by Crippen LogP contribution is 2.49. The highest BCUT2D eigenvalue weighted by Gasteiger charge is 2.54. The number of phosphoric ester groups is 2. The maximum Gasteiger partial charge on any atom is 0.472 e. The Morgan fingerprint density at radius 3 is 1.70 bits per heavy atom. The third-order valence-electron chi connectivity index (χ3n) is 10.1. The van der Waals surface area contributed by atoms with Gasteiger partial charge < -0.3 is 54.8 Å². The summed E-state index contributed by atoms with van der Waals surface area (Å²) in [5.74, 6) is -1.39. The minimum atomic E-state index is -5.39. The number of carbonyl (C=O) groups is 2. The fraction of sp³-hybridized carbons (Fsp3) is 0.660. The molecule has 0 aromatic carbocycles. The van der Waals surface area contributed by atoms with Crippen molar-refractivity contribution in [3.63, 3.8) is 0 Å². The first-order chi connectivity index (χ1) is 31.9. The summed E-state index contributed by atoms with van der Waals surface area (Å²) in [7, 11) is -10.8. The van der Waals surface area contributed by atoms with Gasteiger partial charge in [0.2, 0.25) is 0 Å². The molecule has 0 amide bonds. The van der Waals surface area contributed by atoms with Gasteiger partial charge >= 0.3 is 27.6 Å². The van der Waals surface area contributed by atoms with E-state index in [4.69, 9.17) is 28.3 Å². The van der Waals surface area contributed by atoms with Crippen LogP contribution in [-0.4, -0.2) is 125 Å². The molecule has 18 nitrogen and oxygen atoms in total. The number of phosphoric acid groups is 2. The molecule has 0 spiro atoms. The minimum Gasteiger partial charge on any atom is -0.462 e. The number of allylic oxidation sites excluding steroid dienone is 10. The van der Waals surface area contributed by atoms with Crippen LogP contribution in [0.5, 0.6) is 0 Å². The van der Waals surface area contributed by atoms with Crippen LogP contribution in [0.4, 0.5) is 0 Å². The zero-order valence-corrected chi connectivity index (χ0v) is 40.8. The molecule has 1 rings (SSSR count). The lowest BCUT2D eigenvalue weighted by Gasteiger charge is -2.43. The molecule has 0 saturated heterocycles. The summed E-state index contributed by atoms with van der Waals surface area (Å²) < 4.78 is 49.2. The van der Waals surface area contributed by atoms with E-state index in [0.29, 0.717) is 25.7 Å². The van der Waals surface area contributed by atoms with Gasteiger partial charge in [-0.25, -0.2) is 9.13 Å². The molecule has 9 N–H and O–H groups in total. The monoisotopic (exact) mass is 992 g/mol. The second-order valence-electron chi connectivity index (χ2n) is 16.1. The van der Waals surface area contributed by atoms with Crippen LogP contribution in [0.15, 0.2) is 85.1 Å². The van der Waals surface area contributed by atoms with Gasteiger partial charge in [0, 0.05) is 12.8 Å². The van der Waals surface area contributed by atoms with Crippen LogP contribution in [0.1, 0.15) is 129 Å².